The topological polar surface area (TPSA) is 74.7 Å². The van der Waals surface area contributed by atoms with E-state index in [1.54, 1.807) is 18.2 Å². The van der Waals surface area contributed by atoms with Gasteiger partial charge in [0.25, 0.3) is 11.8 Å². The number of rotatable bonds is 3. The van der Waals surface area contributed by atoms with Crippen LogP contribution in [0, 0.1) is 0 Å². The average molecular weight is 368 g/mol. The van der Waals surface area contributed by atoms with E-state index in [2.05, 4.69) is 15.4 Å². The van der Waals surface area contributed by atoms with E-state index in [9.17, 15) is 9.59 Å². The number of aliphatic imine (C=N–C) groups is 1. The summed E-state index contributed by atoms with van der Waals surface area (Å²) in [5, 5.41) is 1.18. The highest BCUT2D eigenvalue weighted by atomic mass is 16.2. The zero-order valence-corrected chi connectivity index (χ0v) is 14.8. The third kappa shape index (κ3) is 3.57. The SMILES string of the molecule is O=C1NN(C(=O)c2ccncc2)C(c2ccccc2)=N/C1=C/c1ccccc1. The second kappa shape index (κ2) is 7.67. The van der Waals surface area contributed by atoms with Gasteiger partial charge in [-0.15, -0.1) is 0 Å². The van der Waals surface area contributed by atoms with Crippen molar-refractivity contribution in [1.29, 1.82) is 0 Å². The van der Waals surface area contributed by atoms with Gasteiger partial charge < -0.3 is 0 Å². The second-order valence-electron chi connectivity index (χ2n) is 6.06. The maximum Gasteiger partial charge on any atom is 0.288 e. The standard InChI is InChI=1S/C22H16N4O2/c27-21-19(15-16-7-3-1-4-8-16)24-20(17-9-5-2-6-10-17)26(25-21)22(28)18-11-13-23-14-12-18/h1-15H,(H,25,27)/b19-15+. The smallest absolute Gasteiger partial charge is 0.267 e. The van der Waals surface area contributed by atoms with Gasteiger partial charge in [0.1, 0.15) is 5.70 Å². The molecule has 136 valence electrons. The summed E-state index contributed by atoms with van der Waals surface area (Å²) in [7, 11) is 0. The summed E-state index contributed by atoms with van der Waals surface area (Å²) in [4.78, 5) is 34.0. The number of hydrogen-bond donors (Lipinski definition) is 1. The largest absolute Gasteiger partial charge is 0.288 e. The number of hydrazine groups is 1. The fourth-order valence-corrected chi connectivity index (χ4v) is 2.78. The molecule has 2 amide bonds. The molecule has 28 heavy (non-hydrogen) atoms. The molecule has 0 bridgehead atoms. The number of amides is 2. The van der Waals surface area contributed by atoms with Crippen LogP contribution in [0.15, 0.2) is 95.9 Å². The van der Waals surface area contributed by atoms with Crippen molar-refractivity contribution in [3.05, 3.63) is 108 Å². The van der Waals surface area contributed by atoms with Crippen molar-refractivity contribution >= 4 is 23.7 Å². The van der Waals surface area contributed by atoms with Crippen molar-refractivity contribution in [2.24, 2.45) is 4.99 Å². The van der Waals surface area contributed by atoms with Gasteiger partial charge in [0.2, 0.25) is 0 Å². The predicted octanol–water partition coefficient (Wildman–Crippen LogP) is 3.06. The number of nitrogens with zero attached hydrogens (tertiary/aromatic N) is 3. The number of hydrogen-bond acceptors (Lipinski definition) is 4. The maximum atomic E-state index is 13.0. The third-order valence-corrected chi connectivity index (χ3v) is 4.15. The lowest BCUT2D eigenvalue weighted by molar-refractivity contribution is -0.120. The fraction of sp³-hybridized carbons (Fsp3) is 0. The van der Waals surface area contributed by atoms with E-state index in [1.165, 1.54) is 17.4 Å². The monoisotopic (exact) mass is 368 g/mol. The Balaban J connectivity index is 1.79. The van der Waals surface area contributed by atoms with Crippen LogP contribution in [-0.2, 0) is 4.79 Å². The molecule has 2 heterocycles. The van der Waals surface area contributed by atoms with Crippen LogP contribution < -0.4 is 5.43 Å². The molecule has 0 saturated heterocycles. The normalized spacial score (nSPS) is 15.1. The number of nitrogens with one attached hydrogen (secondary N) is 1. The average Bonchev–Trinajstić information content (AvgIpc) is 2.76. The van der Waals surface area contributed by atoms with Gasteiger partial charge >= 0.3 is 0 Å². The van der Waals surface area contributed by atoms with Gasteiger partial charge in [-0.05, 0) is 23.8 Å². The Morgan fingerprint density at radius 1 is 0.893 bits per heavy atom. The molecule has 6 heteroatoms. The minimum Gasteiger partial charge on any atom is -0.267 e. The number of carbonyl (C=O) groups is 2. The first-order valence-electron chi connectivity index (χ1n) is 8.69. The first-order valence-corrected chi connectivity index (χ1v) is 8.69. The lowest BCUT2D eigenvalue weighted by atomic mass is 10.1. The minimum absolute atomic E-state index is 0.226. The van der Waals surface area contributed by atoms with Crippen molar-refractivity contribution in [3.63, 3.8) is 0 Å². The number of amidine groups is 1. The molecule has 0 radical (unpaired) electrons. The zero-order chi connectivity index (χ0) is 19.3. The van der Waals surface area contributed by atoms with Gasteiger partial charge in [-0.1, -0.05) is 60.7 Å². The Bertz CT molecular complexity index is 1060. The molecular weight excluding hydrogens is 352 g/mol. The Morgan fingerprint density at radius 2 is 1.54 bits per heavy atom. The highest BCUT2D eigenvalue weighted by Gasteiger charge is 2.30. The van der Waals surface area contributed by atoms with Crippen molar-refractivity contribution in [3.8, 4) is 0 Å². The van der Waals surface area contributed by atoms with E-state index in [1.807, 2.05) is 60.7 Å². The lowest BCUT2D eigenvalue weighted by Crippen LogP contribution is -2.53. The van der Waals surface area contributed by atoms with Crippen molar-refractivity contribution in [1.82, 2.24) is 15.4 Å². The summed E-state index contributed by atoms with van der Waals surface area (Å²) in [5.41, 5.74) is 4.84. The molecule has 2 aromatic carbocycles. The maximum absolute atomic E-state index is 13.0. The lowest BCUT2D eigenvalue weighted by Gasteiger charge is -2.28. The van der Waals surface area contributed by atoms with E-state index in [0.29, 0.717) is 17.0 Å². The molecule has 1 aliphatic rings. The minimum atomic E-state index is -0.453. The van der Waals surface area contributed by atoms with Gasteiger partial charge in [0.05, 0.1) is 0 Å². The van der Waals surface area contributed by atoms with Crippen LogP contribution in [0.5, 0.6) is 0 Å². The molecule has 1 N–H and O–H groups in total. The van der Waals surface area contributed by atoms with Gasteiger partial charge in [-0.3, -0.25) is 20.0 Å². The number of pyridine rings is 1. The molecule has 0 saturated carbocycles. The second-order valence-corrected chi connectivity index (χ2v) is 6.06. The van der Waals surface area contributed by atoms with Crippen molar-refractivity contribution < 1.29 is 9.59 Å². The molecule has 0 atom stereocenters. The highest BCUT2D eigenvalue weighted by Crippen LogP contribution is 2.18. The Morgan fingerprint density at radius 3 is 2.21 bits per heavy atom. The van der Waals surface area contributed by atoms with Crippen LogP contribution in [0.4, 0.5) is 0 Å². The van der Waals surface area contributed by atoms with Crippen LogP contribution in [0.1, 0.15) is 21.5 Å². The Hall–Kier alpha value is -4.06. The number of aromatic nitrogens is 1. The zero-order valence-electron chi connectivity index (χ0n) is 14.8. The summed E-state index contributed by atoms with van der Waals surface area (Å²) in [5.74, 6) is -0.493. The molecule has 1 aliphatic heterocycles. The van der Waals surface area contributed by atoms with Crippen LogP contribution >= 0.6 is 0 Å². The van der Waals surface area contributed by atoms with E-state index in [0.717, 1.165) is 5.56 Å². The summed E-state index contributed by atoms with van der Waals surface area (Å²) < 4.78 is 0. The number of carbonyl (C=O) groups excluding carboxylic acids is 2. The summed E-state index contributed by atoms with van der Waals surface area (Å²) >= 11 is 0. The van der Waals surface area contributed by atoms with Gasteiger partial charge in [0.15, 0.2) is 5.84 Å². The highest BCUT2D eigenvalue weighted by molar-refractivity contribution is 6.17. The molecule has 1 aromatic heterocycles. The first kappa shape index (κ1) is 17.4. The molecule has 0 spiro atoms. The predicted molar refractivity (Wildman–Crippen MR) is 106 cm³/mol. The summed E-state index contributed by atoms with van der Waals surface area (Å²) in [6, 6.07) is 21.9. The number of benzene rings is 2. The van der Waals surface area contributed by atoms with Crippen LogP contribution in [-0.4, -0.2) is 27.6 Å². The van der Waals surface area contributed by atoms with Gasteiger partial charge in [-0.25, -0.2) is 4.99 Å². The molecule has 3 aromatic rings. The molecule has 0 aliphatic carbocycles. The van der Waals surface area contributed by atoms with Crippen molar-refractivity contribution in [2.75, 3.05) is 0 Å². The molecule has 0 unspecified atom stereocenters. The molecule has 6 nitrogen and oxygen atoms in total. The molecule has 4 rings (SSSR count). The molecule has 0 fully saturated rings. The Kier molecular flexibility index (Phi) is 4.76. The van der Waals surface area contributed by atoms with Gasteiger partial charge in [-0.2, -0.15) is 5.01 Å². The van der Waals surface area contributed by atoms with Crippen LogP contribution in [0.3, 0.4) is 0 Å². The van der Waals surface area contributed by atoms with Crippen LogP contribution in [0.25, 0.3) is 6.08 Å². The quantitative estimate of drug-likeness (QED) is 0.722. The Labute approximate surface area is 161 Å². The first-order chi connectivity index (χ1) is 13.7. The summed E-state index contributed by atoms with van der Waals surface area (Å²) in [6.45, 7) is 0. The summed E-state index contributed by atoms with van der Waals surface area (Å²) in [6.07, 6.45) is 4.74. The van der Waals surface area contributed by atoms with E-state index in [-0.39, 0.29) is 5.70 Å². The third-order valence-electron chi connectivity index (χ3n) is 4.15. The van der Waals surface area contributed by atoms with E-state index < -0.39 is 11.8 Å². The van der Waals surface area contributed by atoms with Gasteiger partial charge in [0, 0.05) is 23.5 Å². The molecular formula is C22H16N4O2. The van der Waals surface area contributed by atoms with Crippen LogP contribution in [0.2, 0.25) is 0 Å². The fourth-order valence-electron chi connectivity index (χ4n) is 2.78. The van der Waals surface area contributed by atoms with E-state index in [4.69, 9.17) is 0 Å². The van der Waals surface area contributed by atoms with E-state index >= 15 is 0 Å². The van der Waals surface area contributed by atoms with Crippen molar-refractivity contribution in [2.45, 2.75) is 0 Å².